The number of fused-ring (bicyclic) bond motifs is 1. The predicted octanol–water partition coefficient (Wildman–Crippen LogP) is 3.71. The molecular formula is C17H13Cl2NO3. The van der Waals surface area contributed by atoms with Crippen LogP contribution in [0.25, 0.3) is 0 Å². The molecule has 1 aliphatic rings. The standard InChI is InChI=1S/C17H13Cl2NO3/c1-9-3-2-4-11-15(9)20-16(22)17(11,23)8-14(21)10-5-6-12(18)13(19)7-10/h2-7,23H,8H2,1H3,(H,20,22)/t17-/m0/s1. The topological polar surface area (TPSA) is 66.4 Å². The molecule has 1 atom stereocenters. The van der Waals surface area contributed by atoms with Gasteiger partial charge in [0.2, 0.25) is 0 Å². The van der Waals surface area contributed by atoms with E-state index < -0.39 is 17.3 Å². The van der Waals surface area contributed by atoms with Crippen LogP contribution in [0.2, 0.25) is 10.0 Å². The highest BCUT2D eigenvalue weighted by Crippen LogP contribution is 2.40. The first-order valence-corrected chi connectivity index (χ1v) is 7.70. The summed E-state index contributed by atoms with van der Waals surface area (Å²) in [7, 11) is 0. The first-order valence-electron chi connectivity index (χ1n) is 6.95. The maximum atomic E-state index is 12.5. The number of hydrogen-bond acceptors (Lipinski definition) is 3. The van der Waals surface area contributed by atoms with Gasteiger partial charge in [-0.1, -0.05) is 41.4 Å². The number of rotatable bonds is 3. The van der Waals surface area contributed by atoms with Crippen LogP contribution in [0.15, 0.2) is 36.4 Å². The molecule has 1 amide bonds. The van der Waals surface area contributed by atoms with E-state index in [0.717, 1.165) is 5.56 Å². The normalized spacial score (nSPS) is 19.4. The SMILES string of the molecule is Cc1cccc2c1NC(=O)[C@]2(O)CC(=O)c1ccc(Cl)c(Cl)c1. The number of Topliss-reactive ketones (excluding diaryl/α,β-unsaturated/α-hetero) is 1. The van der Waals surface area contributed by atoms with Gasteiger partial charge in [-0.25, -0.2) is 0 Å². The van der Waals surface area contributed by atoms with Gasteiger partial charge in [0.25, 0.3) is 5.91 Å². The van der Waals surface area contributed by atoms with Crippen molar-refractivity contribution in [1.29, 1.82) is 0 Å². The molecule has 2 aromatic carbocycles. The lowest BCUT2D eigenvalue weighted by Crippen LogP contribution is -2.36. The first kappa shape index (κ1) is 16.0. The molecule has 0 spiro atoms. The van der Waals surface area contributed by atoms with Crippen LogP contribution in [0.4, 0.5) is 5.69 Å². The second kappa shape index (κ2) is 5.64. The van der Waals surface area contributed by atoms with Crippen LogP contribution in [-0.2, 0) is 10.4 Å². The van der Waals surface area contributed by atoms with Crippen LogP contribution in [0.1, 0.15) is 27.9 Å². The van der Waals surface area contributed by atoms with Crippen LogP contribution in [0.3, 0.4) is 0 Å². The Morgan fingerprint density at radius 3 is 2.65 bits per heavy atom. The summed E-state index contributed by atoms with van der Waals surface area (Å²) in [6.45, 7) is 1.83. The van der Waals surface area contributed by atoms with E-state index in [4.69, 9.17) is 23.2 Å². The number of aliphatic hydroxyl groups is 1. The molecule has 118 valence electrons. The summed E-state index contributed by atoms with van der Waals surface area (Å²) in [5.74, 6) is -0.995. The molecule has 23 heavy (non-hydrogen) atoms. The Morgan fingerprint density at radius 1 is 1.22 bits per heavy atom. The number of nitrogens with one attached hydrogen (secondary N) is 1. The van der Waals surface area contributed by atoms with Gasteiger partial charge >= 0.3 is 0 Å². The highest BCUT2D eigenvalue weighted by Gasteiger charge is 2.47. The largest absolute Gasteiger partial charge is 0.375 e. The number of amides is 1. The van der Waals surface area contributed by atoms with Crippen molar-refractivity contribution in [3.63, 3.8) is 0 Å². The van der Waals surface area contributed by atoms with Crippen LogP contribution in [0.5, 0.6) is 0 Å². The van der Waals surface area contributed by atoms with Gasteiger partial charge < -0.3 is 10.4 Å². The molecule has 3 rings (SSSR count). The van der Waals surface area contributed by atoms with Gasteiger partial charge in [0.15, 0.2) is 11.4 Å². The van der Waals surface area contributed by atoms with E-state index in [9.17, 15) is 14.7 Å². The van der Waals surface area contributed by atoms with Gasteiger partial charge in [-0.05, 0) is 30.7 Å². The van der Waals surface area contributed by atoms with Crippen LogP contribution in [-0.4, -0.2) is 16.8 Å². The van der Waals surface area contributed by atoms with Gasteiger partial charge in [0.1, 0.15) is 0 Å². The van der Waals surface area contributed by atoms with E-state index in [1.54, 1.807) is 12.1 Å². The molecule has 0 saturated heterocycles. The second-order valence-electron chi connectivity index (χ2n) is 5.54. The number of carbonyl (C=O) groups excluding carboxylic acids is 2. The zero-order valence-corrected chi connectivity index (χ0v) is 13.7. The molecular weight excluding hydrogens is 337 g/mol. The Labute approximate surface area is 143 Å². The number of benzene rings is 2. The first-order chi connectivity index (χ1) is 10.8. The minimum atomic E-state index is -1.88. The number of aryl methyl sites for hydroxylation is 1. The van der Waals surface area contributed by atoms with Gasteiger partial charge in [-0.15, -0.1) is 0 Å². The molecule has 0 bridgehead atoms. The van der Waals surface area contributed by atoms with Crippen LogP contribution >= 0.6 is 23.2 Å². The number of ketones is 1. The minimum absolute atomic E-state index is 0.247. The van der Waals surface area contributed by atoms with Gasteiger partial charge in [0.05, 0.1) is 22.2 Å². The quantitative estimate of drug-likeness (QED) is 0.830. The van der Waals surface area contributed by atoms with Crippen molar-refractivity contribution in [1.82, 2.24) is 0 Å². The number of anilines is 1. The van der Waals surface area contributed by atoms with Crippen molar-refractivity contribution in [2.45, 2.75) is 18.9 Å². The summed E-state index contributed by atoms with van der Waals surface area (Å²) < 4.78 is 0. The lowest BCUT2D eigenvalue weighted by atomic mass is 9.87. The summed E-state index contributed by atoms with van der Waals surface area (Å²) in [5.41, 5.74) is 0.207. The Kier molecular flexibility index (Phi) is 3.92. The van der Waals surface area contributed by atoms with Gasteiger partial charge in [-0.2, -0.15) is 0 Å². The third-order valence-electron chi connectivity index (χ3n) is 3.99. The number of carbonyl (C=O) groups is 2. The summed E-state index contributed by atoms with van der Waals surface area (Å²) in [6, 6.07) is 9.66. The van der Waals surface area contributed by atoms with Gasteiger partial charge in [-0.3, -0.25) is 9.59 Å². The van der Waals surface area contributed by atoms with E-state index in [0.29, 0.717) is 21.8 Å². The molecule has 1 heterocycles. The monoisotopic (exact) mass is 349 g/mol. The number of para-hydroxylation sites is 1. The van der Waals surface area contributed by atoms with Crippen LogP contribution < -0.4 is 5.32 Å². The number of hydrogen-bond donors (Lipinski definition) is 2. The zero-order chi connectivity index (χ0) is 16.8. The van der Waals surface area contributed by atoms with Crippen molar-refractivity contribution in [2.75, 3.05) is 5.32 Å². The maximum Gasteiger partial charge on any atom is 0.261 e. The zero-order valence-electron chi connectivity index (χ0n) is 12.2. The smallest absolute Gasteiger partial charge is 0.261 e. The maximum absolute atomic E-state index is 12.5. The highest BCUT2D eigenvalue weighted by molar-refractivity contribution is 6.42. The Bertz CT molecular complexity index is 835. The van der Waals surface area contributed by atoms with E-state index in [2.05, 4.69) is 5.32 Å². The molecule has 0 radical (unpaired) electrons. The third kappa shape index (κ3) is 2.63. The molecule has 0 aromatic heterocycles. The van der Waals surface area contributed by atoms with E-state index in [1.807, 2.05) is 13.0 Å². The number of halogens is 2. The minimum Gasteiger partial charge on any atom is -0.375 e. The summed E-state index contributed by atoms with van der Waals surface area (Å²) in [6.07, 6.45) is -0.368. The fourth-order valence-electron chi connectivity index (χ4n) is 2.70. The molecule has 2 aromatic rings. The Morgan fingerprint density at radius 2 is 1.96 bits per heavy atom. The third-order valence-corrected chi connectivity index (χ3v) is 4.73. The van der Waals surface area contributed by atoms with Gasteiger partial charge in [0, 0.05) is 11.1 Å². The van der Waals surface area contributed by atoms with E-state index in [-0.39, 0.29) is 11.4 Å². The highest BCUT2D eigenvalue weighted by atomic mass is 35.5. The van der Waals surface area contributed by atoms with Crippen molar-refractivity contribution < 1.29 is 14.7 Å². The lowest BCUT2D eigenvalue weighted by Gasteiger charge is -2.20. The predicted molar refractivity (Wildman–Crippen MR) is 89.1 cm³/mol. The average Bonchev–Trinajstić information content (AvgIpc) is 2.75. The van der Waals surface area contributed by atoms with Crippen molar-refractivity contribution >= 4 is 40.6 Å². The summed E-state index contributed by atoms with van der Waals surface area (Å²) >= 11 is 11.7. The van der Waals surface area contributed by atoms with E-state index in [1.165, 1.54) is 18.2 Å². The summed E-state index contributed by atoms with van der Waals surface area (Å²) in [5, 5.41) is 14.0. The molecule has 0 aliphatic carbocycles. The molecule has 4 nitrogen and oxygen atoms in total. The molecule has 2 N–H and O–H groups in total. The molecule has 1 aliphatic heterocycles. The second-order valence-corrected chi connectivity index (χ2v) is 6.36. The summed E-state index contributed by atoms with van der Waals surface area (Å²) in [4.78, 5) is 24.7. The van der Waals surface area contributed by atoms with Crippen LogP contribution in [0, 0.1) is 6.92 Å². The fraction of sp³-hybridized carbons (Fsp3) is 0.176. The average molecular weight is 350 g/mol. The lowest BCUT2D eigenvalue weighted by molar-refractivity contribution is -0.133. The Hall–Kier alpha value is -1.88. The van der Waals surface area contributed by atoms with Crippen molar-refractivity contribution in [2.24, 2.45) is 0 Å². The fourth-order valence-corrected chi connectivity index (χ4v) is 3.00. The molecule has 0 saturated carbocycles. The van der Waals surface area contributed by atoms with E-state index >= 15 is 0 Å². The molecule has 6 heteroatoms. The van der Waals surface area contributed by atoms with Crippen molar-refractivity contribution in [3.8, 4) is 0 Å². The van der Waals surface area contributed by atoms with Crippen molar-refractivity contribution in [3.05, 3.63) is 63.1 Å². The Balaban J connectivity index is 1.96. The molecule has 0 fully saturated rings. The molecule has 0 unspecified atom stereocenters.